The van der Waals surface area contributed by atoms with E-state index in [1.807, 2.05) is 11.8 Å². The number of amides is 2. The molecule has 1 unspecified atom stereocenters. The smallest absolute Gasteiger partial charge is 0.315 e. The van der Waals surface area contributed by atoms with E-state index < -0.39 is 0 Å². The van der Waals surface area contributed by atoms with Crippen molar-refractivity contribution in [2.45, 2.75) is 57.5 Å². The zero-order chi connectivity index (χ0) is 11.8. The molecule has 0 radical (unpaired) electrons. The summed E-state index contributed by atoms with van der Waals surface area (Å²) in [6, 6.07) is 0.693. The Bertz CT molecular complexity index is 205. The molecule has 1 rings (SSSR count). The first-order valence-electron chi connectivity index (χ1n) is 6.28. The van der Waals surface area contributed by atoms with Crippen LogP contribution in [-0.2, 0) is 0 Å². The van der Waals surface area contributed by atoms with Gasteiger partial charge in [-0.25, -0.2) is 4.79 Å². The number of rotatable bonds is 5. The highest BCUT2D eigenvalue weighted by Gasteiger charge is 2.16. The zero-order valence-electron chi connectivity index (χ0n) is 10.4. The van der Waals surface area contributed by atoms with Crippen LogP contribution >= 0.6 is 11.8 Å². The molecule has 0 heterocycles. The molecule has 0 saturated heterocycles. The van der Waals surface area contributed by atoms with E-state index in [-0.39, 0.29) is 12.1 Å². The second kappa shape index (κ2) is 7.82. The maximum atomic E-state index is 11.7. The standard InChI is InChI=1S/C12H24N2OS/c1-10(8-9-16-2)13-12(15)14-11-6-4-3-5-7-11/h10-11H,3-9H2,1-2H3,(H2,13,14,15). The van der Waals surface area contributed by atoms with Crippen LogP contribution in [0.15, 0.2) is 0 Å². The summed E-state index contributed by atoms with van der Waals surface area (Å²) in [4.78, 5) is 11.7. The molecule has 2 N–H and O–H groups in total. The SMILES string of the molecule is CSCCC(C)NC(=O)NC1CCCCC1. The van der Waals surface area contributed by atoms with Gasteiger partial charge in [-0.1, -0.05) is 19.3 Å². The van der Waals surface area contributed by atoms with Gasteiger partial charge in [0.25, 0.3) is 0 Å². The van der Waals surface area contributed by atoms with E-state index in [0.29, 0.717) is 6.04 Å². The predicted octanol–water partition coefficient (Wildman–Crippen LogP) is 2.76. The summed E-state index contributed by atoms with van der Waals surface area (Å²) in [5, 5.41) is 6.07. The normalized spacial score (nSPS) is 19.1. The first-order chi connectivity index (χ1) is 7.72. The molecule has 1 atom stereocenters. The van der Waals surface area contributed by atoms with Gasteiger partial charge in [-0.3, -0.25) is 0 Å². The number of carbonyl (C=O) groups excluding carboxylic acids is 1. The summed E-state index contributed by atoms with van der Waals surface area (Å²) in [7, 11) is 0. The lowest BCUT2D eigenvalue weighted by Gasteiger charge is -2.24. The van der Waals surface area contributed by atoms with Crippen LogP contribution in [0.25, 0.3) is 0 Å². The largest absolute Gasteiger partial charge is 0.336 e. The Balaban J connectivity index is 2.13. The van der Waals surface area contributed by atoms with E-state index in [0.717, 1.165) is 25.0 Å². The van der Waals surface area contributed by atoms with Crippen molar-refractivity contribution >= 4 is 17.8 Å². The first-order valence-corrected chi connectivity index (χ1v) is 7.67. The van der Waals surface area contributed by atoms with E-state index in [2.05, 4.69) is 23.8 Å². The van der Waals surface area contributed by atoms with Crippen molar-refractivity contribution in [2.24, 2.45) is 0 Å². The van der Waals surface area contributed by atoms with Crippen LogP contribution in [-0.4, -0.2) is 30.1 Å². The maximum absolute atomic E-state index is 11.7. The summed E-state index contributed by atoms with van der Waals surface area (Å²) in [5.41, 5.74) is 0. The lowest BCUT2D eigenvalue weighted by atomic mass is 9.96. The Kier molecular flexibility index (Phi) is 6.69. The summed E-state index contributed by atoms with van der Waals surface area (Å²) in [5.74, 6) is 1.10. The van der Waals surface area contributed by atoms with Crippen LogP contribution in [0.5, 0.6) is 0 Å². The highest BCUT2D eigenvalue weighted by molar-refractivity contribution is 7.98. The summed E-state index contributed by atoms with van der Waals surface area (Å²) in [6.07, 6.45) is 9.26. The Morgan fingerprint density at radius 2 is 2.06 bits per heavy atom. The molecule has 0 spiro atoms. The van der Waals surface area contributed by atoms with Gasteiger partial charge in [0.05, 0.1) is 0 Å². The molecular weight excluding hydrogens is 220 g/mol. The average Bonchev–Trinajstić information content (AvgIpc) is 2.27. The van der Waals surface area contributed by atoms with E-state index >= 15 is 0 Å². The molecular formula is C12H24N2OS. The lowest BCUT2D eigenvalue weighted by Crippen LogP contribution is -2.46. The first kappa shape index (κ1) is 13.7. The monoisotopic (exact) mass is 244 g/mol. The number of nitrogens with one attached hydrogen (secondary N) is 2. The molecule has 4 heteroatoms. The maximum Gasteiger partial charge on any atom is 0.315 e. The molecule has 1 aliphatic rings. The van der Waals surface area contributed by atoms with Gasteiger partial charge in [-0.15, -0.1) is 0 Å². The highest BCUT2D eigenvalue weighted by Crippen LogP contribution is 2.17. The van der Waals surface area contributed by atoms with E-state index in [4.69, 9.17) is 0 Å². The molecule has 1 fully saturated rings. The molecule has 0 aliphatic heterocycles. The van der Waals surface area contributed by atoms with Crippen LogP contribution in [0.2, 0.25) is 0 Å². The van der Waals surface area contributed by atoms with Crippen molar-refractivity contribution in [2.75, 3.05) is 12.0 Å². The zero-order valence-corrected chi connectivity index (χ0v) is 11.2. The van der Waals surface area contributed by atoms with Crippen molar-refractivity contribution in [3.8, 4) is 0 Å². The van der Waals surface area contributed by atoms with Crippen LogP contribution in [0.4, 0.5) is 4.79 Å². The van der Waals surface area contributed by atoms with Crippen molar-refractivity contribution in [1.82, 2.24) is 10.6 Å². The van der Waals surface area contributed by atoms with E-state index in [9.17, 15) is 4.79 Å². The summed E-state index contributed by atoms with van der Waals surface area (Å²) < 4.78 is 0. The van der Waals surface area contributed by atoms with Crippen LogP contribution in [0.1, 0.15) is 45.4 Å². The predicted molar refractivity (Wildman–Crippen MR) is 71.0 cm³/mol. The van der Waals surface area contributed by atoms with Gasteiger partial charge < -0.3 is 10.6 Å². The third-order valence-corrected chi connectivity index (χ3v) is 3.72. The number of hydrogen-bond acceptors (Lipinski definition) is 2. The Hall–Kier alpha value is -0.380. The minimum atomic E-state index is 0.0144. The molecule has 1 aliphatic carbocycles. The molecule has 94 valence electrons. The second-order valence-corrected chi connectivity index (χ2v) is 5.62. The Morgan fingerprint density at radius 1 is 1.38 bits per heavy atom. The fourth-order valence-electron chi connectivity index (χ4n) is 2.06. The average molecular weight is 244 g/mol. The topological polar surface area (TPSA) is 41.1 Å². The quantitative estimate of drug-likeness (QED) is 0.781. The van der Waals surface area contributed by atoms with Crippen LogP contribution in [0.3, 0.4) is 0 Å². The van der Waals surface area contributed by atoms with Crippen molar-refractivity contribution in [1.29, 1.82) is 0 Å². The fourth-order valence-corrected chi connectivity index (χ4v) is 2.65. The number of urea groups is 1. The van der Waals surface area contributed by atoms with Gasteiger partial charge in [-0.2, -0.15) is 11.8 Å². The molecule has 0 aromatic carbocycles. The van der Waals surface area contributed by atoms with Gasteiger partial charge in [-0.05, 0) is 38.2 Å². The van der Waals surface area contributed by atoms with Crippen LogP contribution in [0, 0.1) is 0 Å². The molecule has 0 aromatic heterocycles. The molecule has 16 heavy (non-hydrogen) atoms. The Labute approximate surface area is 103 Å². The van der Waals surface area contributed by atoms with Gasteiger partial charge in [0, 0.05) is 12.1 Å². The third-order valence-electron chi connectivity index (χ3n) is 3.07. The Morgan fingerprint density at radius 3 is 2.69 bits per heavy atom. The van der Waals surface area contributed by atoms with E-state index in [1.54, 1.807) is 0 Å². The van der Waals surface area contributed by atoms with Crippen molar-refractivity contribution < 1.29 is 4.79 Å². The second-order valence-electron chi connectivity index (χ2n) is 4.64. The van der Waals surface area contributed by atoms with Crippen molar-refractivity contribution in [3.63, 3.8) is 0 Å². The minimum Gasteiger partial charge on any atom is -0.336 e. The number of thioether (sulfide) groups is 1. The number of carbonyl (C=O) groups is 1. The van der Waals surface area contributed by atoms with Crippen LogP contribution < -0.4 is 10.6 Å². The lowest BCUT2D eigenvalue weighted by molar-refractivity contribution is 0.229. The van der Waals surface area contributed by atoms with Gasteiger partial charge in [0.15, 0.2) is 0 Å². The molecule has 0 aromatic rings. The molecule has 0 bridgehead atoms. The molecule has 1 saturated carbocycles. The van der Waals surface area contributed by atoms with E-state index in [1.165, 1.54) is 19.3 Å². The van der Waals surface area contributed by atoms with Gasteiger partial charge in [0.2, 0.25) is 0 Å². The van der Waals surface area contributed by atoms with Gasteiger partial charge in [0.1, 0.15) is 0 Å². The highest BCUT2D eigenvalue weighted by atomic mass is 32.2. The third kappa shape index (κ3) is 5.64. The summed E-state index contributed by atoms with van der Waals surface area (Å²) >= 11 is 1.82. The minimum absolute atomic E-state index is 0.0144. The van der Waals surface area contributed by atoms with Crippen molar-refractivity contribution in [3.05, 3.63) is 0 Å². The van der Waals surface area contributed by atoms with Gasteiger partial charge >= 0.3 is 6.03 Å². The number of hydrogen-bond donors (Lipinski definition) is 2. The fraction of sp³-hybridized carbons (Fsp3) is 0.917. The summed E-state index contributed by atoms with van der Waals surface area (Å²) in [6.45, 7) is 2.07. The molecule has 2 amide bonds. The molecule has 3 nitrogen and oxygen atoms in total.